The molecule has 1 N–H and O–H groups in total. The van der Waals surface area contributed by atoms with Crippen LogP contribution in [0.25, 0.3) is 0 Å². The molecule has 0 fully saturated rings. The van der Waals surface area contributed by atoms with Crippen molar-refractivity contribution in [3.05, 3.63) is 30.1 Å². The second-order valence-corrected chi connectivity index (χ2v) is 4.10. The molecule has 0 unspecified atom stereocenters. The highest BCUT2D eigenvalue weighted by atomic mass is 32.2. The number of carbonyl (C=O) groups is 1. The number of hydrogen-bond acceptors (Lipinski definition) is 4. The van der Waals surface area contributed by atoms with Crippen LogP contribution < -0.4 is 4.72 Å². The predicted molar refractivity (Wildman–Crippen MR) is 45.4 cm³/mol. The number of nitrogens with one attached hydrogen (secondary N) is 1. The molecule has 1 radical (unpaired) electrons. The number of nitrogens with zero attached hydrogens (tertiary/aromatic N) is 1. The molecular weight excluding hydrogens is 192 g/mol. The maximum atomic E-state index is 11.1. The van der Waals surface area contributed by atoms with E-state index in [1.807, 2.05) is 0 Å². The second kappa shape index (κ2) is 3.53. The predicted octanol–water partition coefficient (Wildman–Crippen LogP) is -0.429. The van der Waals surface area contributed by atoms with Gasteiger partial charge in [-0.25, -0.2) is 13.1 Å². The van der Waals surface area contributed by atoms with Gasteiger partial charge >= 0.3 is 0 Å². The van der Waals surface area contributed by atoms with Crippen LogP contribution >= 0.6 is 0 Å². The fourth-order valence-electron chi connectivity index (χ4n) is 0.675. The Hall–Kier alpha value is -1.43. The van der Waals surface area contributed by atoms with Gasteiger partial charge in [-0.3, -0.25) is 9.78 Å². The van der Waals surface area contributed by atoms with Crippen molar-refractivity contribution < 1.29 is 13.2 Å². The minimum absolute atomic E-state index is 0.0455. The zero-order valence-electron chi connectivity index (χ0n) is 6.81. The molecule has 6 heteroatoms. The molecule has 0 aliphatic carbocycles. The molecule has 0 aromatic carbocycles. The van der Waals surface area contributed by atoms with Crippen LogP contribution in [-0.4, -0.2) is 25.6 Å². The highest BCUT2D eigenvalue weighted by Gasteiger charge is 2.10. The van der Waals surface area contributed by atoms with E-state index in [2.05, 4.69) is 11.1 Å². The normalized spacial score (nSPS) is 10.8. The zero-order chi connectivity index (χ0) is 9.90. The average molecular weight is 199 g/mol. The van der Waals surface area contributed by atoms with Gasteiger partial charge < -0.3 is 0 Å². The quantitative estimate of drug-likeness (QED) is 0.701. The standard InChI is InChI=1S/C7H7N2O3S/c1-13(11,12)9-7(10)6-4-2-3-5-8-6/h2,4-5H,1H3,(H,9,10). The monoisotopic (exact) mass is 199 g/mol. The summed E-state index contributed by atoms with van der Waals surface area (Å²) in [5.74, 6) is -0.739. The summed E-state index contributed by atoms with van der Waals surface area (Å²) < 4.78 is 23.1. The summed E-state index contributed by atoms with van der Waals surface area (Å²) in [4.78, 5) is 14.7. The van der Waals surface area contributed by atoms with Crippen LogP contribution in [0.15, 0.2) is 18.3 Å². The molecule has 0 saturated heterocycles. The van der Waals surface area contributed by atoms with Crippen LogP contribution in [0, 0.1) is 6.07 Å². The Morgan fingerprint density at radius 2 is 2.31 bits per heavy atom. The first kappa shape index (κ1) is 9.66. The Kier molecular flexibility index (Phi) is 2.62. The van der Waals surface area contributed by atoms with Crippen molar-refractivity contribution in [2.75, 3.05) is 6.26 Å². The molecular formula is C7H7N2O3S. The second-order valence-electron chi connectivity index (χ2n) is 2.35. The van der Waals surface area contributed by atoms with E-state index in [1.54, 1.807) is 4.72 Å². The Morgan fingerprint density at radius 1 is 1.62 bits per heavy atom. The van der Waals surface area contributed by atoms with Gasteiger partial charge in [0.05, 0.1) is 6.26 Å². The molecule has 0 saturated carbocycles. The molecule has 0 aliphatic heterocycles. The molecule has 0 bridgehead atoms. The minimum atomic E-state index is -3.52. The van der Waals surface area contributed by atoms with Crippen LogP contribution in [0.1, 0.15) is 10.5 Å². The number of carbonyl (C=O) groups excluding carboxylic acids is 1. The van der Waals surface area contributed by atoms with Gasteiger partial charge in [-0.05, 0) is 6.07 Å². The minimum Gasteiger partial charge on any atom is -0.266 e. The summed E-state index contributed by atoms with van der Waals surface area (Å²) in [6.45, 7) is 0. The fourth-order valence-corrected chi connectivity index (χ4v) is 1.12. The van der Waals surface area contributed by atoms with Gasteiger partial charge in [-0.15, -0.1) is 0 Å². The maximum Gasteiger partial charge on any atom is 0.283 e. The molecule has 1 aromatic rings. The summed E-state index contributed by atoms with van der Waals surface area (Å²) in [7, 11) is -3.52. The van der Waals surface area contributed by atoms with Crippen molar-refractivity contribution >= 4 is 15.9 Å². The smallest absolute Gasteiger partial charge is 0.266 e. The van der Waals surface area contributed by atoms with Crippen molar-refractivity contribution in [1.29, 1.82) is 0 Å². The first-order valence-electron chi connectivity index (χ1n) is 3.33. The summed E-state index contributed by atoms with van der Waals surface area (Å²) >= 11 is 0. The zero-order valence-corrected chi connectivity index (χ0v) is 7.63. The van der Waals surface area contributed by atoms with E-state index in [1.165, 1.54) is 18.3 Å². The topological polar surface area (TPSA) is 76.1 Å². The van der Waals surface area contributed by atoms with Crippen LogP contribution in [0.2, 0.25) is 0 Å². The SMILES string of the molecule is CS(=O)(=O)NC(=O)c1cc[c]cn1. The summed E-state index contributed by atoms with van der Waals surface area (Å²) in [6, 6.07) is 5.46. The van der Waals surface area contributed by atoms with Crippen molar-refractivity contribution in [3.63, 3.8) is 0 Å². The lowest BCUT2D eigenvalue weighted by molar-refractivity contribution is 0.0977. The van der Waals surface area contributed by atoms with Crippen molar-refractivity contribution in [1.82, 2.24) is 9.71 Å². The van der Waals surface area contributed by atoms with E-state index < -0.39 is 15.9 Å². The molecule has 0 aliphatic rings. The van der Waals surface area contributed by atoms with Crippen molar-refractivity contribution in [3.8, 4) is 0 Å². The van der Waals surface area contributed by atoms with E-state index in [4.69, 9.17) is 0 Å². The summed E-state index contributed by atoms with van der Waals surface area (Å²) in [5.41, 5.74) is 0.0455. The van der Waals surface area contributed by atoms with Crippen LogP contribution in [0.5, 0.6) is 0 Å². The number of amides is 1. The fraction of sp³-hybridized carbons (Fsp3) is 0.143. The van der Waals surface area contributed by atoms with Gasteiger partial charge in [0.15, 0.2) is 0 Å². The molecule has 0 spiro atoms. The highest BCUT2D eigenvalue weighted by Crippen LogP contribution is 1.92. The third-order valence-corrected chi connectivity index (χ3v) is 1.68. The number of aromatic nitrogens is 1. The number of hydrogen-bond donors (Lipinski definition) is 1. The third kappa shape index (κ3) is 3.20. The molecule has 69 valence electrons. The number of rotatable bonds is 2. The third-order valence-electron chi connectivity index (χ3n) is 1.13. The van der Waals surface area contributed by atoms with Gasteiger partial charge in [0.1, 0.15) is 5.69 Å². The lowest BCUT2D eigenvalue weighted by Crippen LogP contribution is -2.29. The van der Waals surface area contributed by atoms with E-state index >= 15 is 0 Å². The maximum absolute atomic E-state index is 11.1. The van der Waals surface area contributed by atoms with Crippen molar-refractivity contribution in [2.45, 2.75) is 0 Å². The summed E-state index contributed by atoms with van der Waals surface area (Å²) in [5, 5.41) is 0. The molecule has 0 atom stereocenters. The van der Waals surface area contributed by atoms with Gasteiger partial charge in [-0.1, -0.05) is 6.07 Å². The largest absolute Gasteiger partial charge is 0.283 e. The molecule has 1 rings (SSSR count). The highest BCUT2D eigenvalue weighted by molar-refractivity contribution is 7.89. The van der Waals surface area contributed by atoms with Gasteiger partial charge in [0, 0.05) is 12.3 Å². The molecule has 1 aromatic heterocycles. The average Bonchev–Trinajstić information content (AvgIpc) is 2.03. The molecule has 1 heterocycles. The van der Waals surface area contributed by atoms with E-state index in [0.717, 1.165) is 6.26 Å². The number of pyridine rings is 1. The Balaban J connectivity index is 2.82. The lowest BCUT2D eigenvalue weighted by atomic mass is 10.3. The van der Waals surface area contributed by atoms with Crippen LogP contribution in [-0.2, 0) is 10.0 Å². The Labute approximate surface area is 75.9 Å². The first-order chi connectivity index (χ1) is 5.99. The molecule has 5 nitrogen and oxygen atoms in total. The van der Waals surface area contributed by atoms with E-state index in [9.17, 15) is 13.2 Å². The Bertz CT molecular complexity index is 399. The van der Waals surface area contributed by atoms with Crippen LogP contribution in [0.4, 0.5) is 0 Å². The summed E-state index contributed by atoms with van der Waals surface area (Å²) in [6.07, 6.45) is 2.19. The molecule has 13 heavy (non-hydrogen) atoms. The first-order valence-corrected chi connectivity index (χ1v) is 5.22. The van der Waals surface area contributed by atoms with Crippen LogP contribution in [0.3, 0.4) is 0 Å². The number of sulfonamides is 1. The van der Waals surface area contributed by atoms with Crippen molar-refractivity contribution in [2.24, 2.45) is 0 Å². The van der Waals surface area contributed by atoms with Gasteiger partial charge in [0.25, 0.3) is 5.91 Å². The van der Waals surface area contributed by atoms with E-state index in [-0.39, 0.29) is 5.69 Å². The lowest BCUT2D eigenvalue weighted by Gasteiger charge is -1.99. The van der Waals surface area contributed by atoms with E-state index in [0.29, 0.717) is 0 Å². The van der Waals surface area contributed by atoms with Gasteiger partial charge in [-0.2, -0.15) is 0 Å². The van der Waals surface area contributed by atoms with Gasteiger partial charge in [0.2, 0.25) is 10.0 Å². The molecule has 1 amide bonds. The Morgan fingerprint density at radius 3 is 2.77 bits per heavy atom.